The van der Waals surface area contributed by atoms with E-state index >= 15 is 0 Å². The second-order valence-electron chi connectivity index (χ2n) is 16.0. The highest BCUT2D eigenvalue weighted by Gasteiger charge is 2.50. The third-order valence-corrected chi connectivity index (χ3v) is 11.4. The van der Waals surface area contributed by atoms with Crippen molar-refractivity contribution in [3.63, 3.8) is 0 Å². The minimum Gasteiger partial charge on any atom is -0.374 e. The van der Waals surface area contributed by atoms with Crippen LogP contribution in [0.1, 0.15) is 33.4 Å². The average molecular weight is 874 g/mol. The van der Waals surface area contributed by atoms with Crippen LogP contribution in [0.3, 0.4) is 0 Å². The van der Waals surface area contributed by atoms with Crippen molar-refractivity contribution in [1.82, 2.24) is 0 Å². The number of hydrogen-bond acceptors (Lipinski definition) is 9. The molecule has 0 radical (unpaired) electrons. The Morgan fingerprint density at radius 3 is 1.20 bits per heavy atom. The molecule has 6 aromatic rings. The van der Waals surface area contributed by atoms with Gasteiger partial charge < -0.3 is 37.9 Å². The summed E-state index contributed by atoms with van der Waals surface area (Å²) in [6.07, 6.45) is -2.06. The molecule has 0 N–H and O–H groups in total. The van der Waals surface area contributed by atoms with Crippen molar-refractivity contribution in [2.45, 2.75) is 94.7 Å². The first-order valence-electron chi connectivity index (χ1n) is 22.1. The third kappa shape index (κ3) is 13.3. The Morgan fingerprint density at radius 1 is 0.415 bits per heavy atom. The number of nitrogens with zero attached hydrogens (tertiary/aromatic N) is 3. The van der Waals surface area contributed by atoms with Crippen molar-refractivity contribution < 1.29 is 37.9 Å². The van der Waals surface area contributed by atoms with Gasteiger partial charge in [-0.25, -0.2) is 0 Å². The van der Waals surface area contributed by atoms with E-state index in [2.05, 4.69) is 10.0 Å². The summed E-state index contributed by atoms with van der Waals surface area (Å²) in [7, 11) is 0. The number of benzene rings is 6. The van der Waals surface area contributed by atoms with E-state index in [4.69, 9.17) is 37.9 Å². The zero-order chi connectivity index (χ0) is 44.3. The molecule has 0 spiro atoms. The van der Waals surface area contributed by atoms with Gasteiger partial charge in [-0.15, -0.1) is 0 Å². The Balaban J connectivity index is 1.12. The van der Waals surface area contributed by atoms with Gasteiger partial charge in [0.15, 0.2) is 6.29 Å². The predicted molar refractivity (Wildman–Crippen MR) is 247 cm³/mol. The van der Waals surface area contributed by atoms with Gasteiger partial charge in [-0.2, -0.15) is 0 Å². The SMILES string of the molecule is [N-]=[N+]=NC1[C@H](O[C@H]2C=CC(OCc3ccccc3)C(OCc3ccccc3)[C@@H]2OCc2ccccc2)OC(COCc2ccccc2)[C@H](OCc2ccccc2)[C@@H]1OCc1ccccc1. The maximum absolute atomic E-state index is 10.2. The summed E-state index contributed by atoms with van der Waals surface area (Å²) < 4.78 is 54.1. The van der Waals surface area contributed by atoms with Gasteiger partial charge in [0.2, 0.25) is 0 Å². The summed E-state index contributed by atoms with van der Waals surface area (Å²) >= 11 is 0. The van der Waals surface area contributed by atoms with Gasteiger partial charge in [-0.05, 0) is 38.9 Å². The van der Waals surface area contributed by atoms with Crippen LogP contribution >= 0.6 is 0 Å². The fourth-order valence-electron chi connectivity index (χ4n) is 8.03. The van der Waals surface area contributed by atoms with Crippen molar-refractivity contribution in [3.8, 4) is 0 Å². The Morgan fingerprint density at radius 2 is 0.769 bits per heavy atom. The Kier molecular flexibility index (Phi) is 17.1. The van der Waals surface area contributed by atoms with Crippen molar-refractivity contribution in [2.75, 3.05) is 6.61 Å². The van der Waals surface area contributed by atoms with Gasteiger partial charge in [0, 0.05) is 4.91 Å². The predicted octanol–water partition coefficient (Wildman–Crippen LogP) is 10.5. The van der Waals surface area contributed by atoms with E-state index in [1.807, 2.05) is 194 Å². The topological polar surface area (TPSA) is 123 Å². The average Bonchev–Trinajstić information content (AvgIpc) is 3.36. The normalized spacial score (nSPS) is 24.0. The zero-order valence-electron chi connectivity index (χ0n) is 36.2. The molecule has 0 amide bonds. The lowest BCUT2D eigenvalue weighted by atomic mass is 9.93. The summed E-state index contributed by atoms with van der Waals surface area (Å²) in [6.45, 7) is 1.90. The Bertz CT molecular complexity index is 2340. The van der Waals surface area contributed by atoms with Crippen LogP contribution in [0, 0.1) is 0 Å². The van der Waals surface area contributed by atoms with Crippen LogP contribution in [0.4, 0.5) is 0 Å². The van der Waals surface area contributed by atoms with E-state index in [9.17, 15) is 5.53 Å². The summed E-state index contributed by atoms with van der Waals surface area (Å²) in [5.41, 5.74) is 16.1. The first-order chi connectivity index (χ1) is 32.2. The van der Waals surface area contributed by atoms with Crippen molar-refractivity contribution in [3.05, 3.63) is 238 Å². The fraction of sp³-hybridized carbons (Fsp3) is 0.296. The highest BCUT2D eigenvalue weighted by molar-refractivity contribution is 5.20. The summed E-state index contributed by atoms with van der Waals surface area (Å²) in [4.78, 5) is 3.33. The zero-order valence-corrected chi connectivity index (χ0v) is 36.2. The van der Waals surface area contributed by atoms with Crippen LogP contribution in [0.25, 0.3) is 10.4 Å². The molecule has 1 fully saturated rings. The third-order valence-electron chi connectivity index (χ3n) is 11.4. The van der Waals surface area contributed by atoms with E-state index in [0.29, 0.717) is 19.8 Å². The molecule has 1 heterocycles. The standard InChI is InChI=1S/C54H55N3O8/c55-57-56-49-53(63-38-45-29-17-6-18-30-45)52(62-37-44-27-15-5-16-28-44)48(39-58-33-40-19-7-1-8-20-40)65-54(49)64-47-32-31-46(59-34-41-21-9-2-10-22-41)50(60-35-42-23-11-3-12-24-42)51(47)61-36-43-25-13-4-14-26-43/h1-32,46-54H,33-39H2/t46?,47-,48?,49?,50?,51+,52-,53+,54+/m0/s1. The van der Waals surface area contributed by atoms with Gasteiger partial charge in [0.05, 0.1) is 46.2 Å². The lowest BCUT2D eigenvalue weighted by molar-refractivity contribution is -0.304. The van der Waals surface area contributed by atoms with Crippen LogP contribution in [-0.4, -0.2) is 61.7 Å². The van der Waals surface area contributed by atoms with Gasteiger partial charge in [0.1, 0.15) is 48.8 Å². The second kappa shape index (κ2) is 24.4. The molecule has 0 aromatic heterocycles. The molecular weight excluding hydrogens is 819 g/mol. The van der Waals surface area contributed by atoms with Gasteiger partial charge >= 0.3 is 0 Å². The maximum Gasteiger partial charge on any atom is 0.170 e. The molecule has 334 valence electrons. The first-order valence-corrected chi connectivity index (χ1v) is 22.1. The molecule has 1 saturated heterocycles. The largest absolute Gasteiger partial charge is 0.374 e. The van der Waals surface area contributed by atoms with E-state index in [1.165, 1.54) is 0 Å². The molecule has 6 aromatic carbocycles. The number of azide groups is 1. The van der Waals surface area contributed by atoms with E-state index < -0.39 is 55.1 Å². The smallest absolute Gasteiger partial charge is 0.170 e. The fourth-order valence-corrected chi connectivity index (χ4v) is 8.03. The molecule has 9 atom stereocenters. The molecule has 11 nitrogen and oxygen atoms in total. The molecule has 1 aliphatic heterocycles. The highest BCUT2D eigenvalue weighted by atomic mass is 16.7. The van der Waals surface area contributed by atoms with Crippen LogP contribution in [0.5, 0.6) is 0 Å². The number of rotatable bonds is 22. The molecule has 11 heteroatoms. The molecule has 1 aliphatic carbocycles. The lowest BCUT2D eigenvalue weighted by Crippen LogP contribution is -2.62. The van der Waals surface area contributed by atoms with Crippen LogP contribution in [-0.2, 0) is 77.5 Å². The van der Waals surface area contributed by atoms with Crippen LogP contribution < -0.4 is 0 Å². The molecule has 0 bridgehead atoms. The lowest BCUT2D eigenvalue weighted by Gasteiger charge is -2.47. The molecule has 0 saturated carbocycles. The monoisotopic (exact) mass is 873 g/mol. The molecular formula is C54H55N3O8. The first kappa shape index (κ1) is 45.6. The molecule has 8 rings (SSSR count). The number of hydrogen-bond donors (Lipinski definition) is 0. The summed E-state index contributed by atoms with van der Waals surface area (Å²) in [5.74, 6) is 0. The Labute approximate surface area is 381 Å². The van der Waals surface area contributed by atoms with Crippen molar-refractivity contribution in [2.24, 2.45) is 5.11 Å². The van der Waals surface area contributed by atoms with Crippen LogP contribution in [0.15, 0.2) is 199 Å². The maximum atomic E-state index is 10.2. The Hall–Kier alpha value is -5.95. The number of ether oxygens (including phenoxy) is 8. The minimum atomic E-state index is -1.12. The highest BCUT2D eigenvalue weighted by Crippen LogP contribution is 2.35. The van der Waals surface area contributed by atoms with Crippen LogP contribution in [0.2, 0.25) is 0 Å². The van der Waals surface area contributed by atoms with Gasteiger partial charge in [-0.1, -0.05) is 199 Å². The summed E-state index contributed by atoms with van der Waals surface area (Å²) in [5, 5.41) is 4.35. The quantitative estimate of drug-likeness (QED) is 0.0286. The molecule has 4 unspecified atom stereocenters. The van der Waals surface area contributed by atoms with E-state index in [1.54, 1.807) is 0 Å². The molecule has 65 heavy (non-hydrogen) atoms. The van der Waals surface area contributed by atoms with Crippen molar-refractivity contribution in [1.29, 1.82) is 0 Å². The van der Waals surface area contributed by atoms with Gasteiger partial charge in [-0.3, -0.25) is 0 Å². The van der Waals surface area contributed by atoms with E-state index in [0.717, 1.165) is 33.4 Å². The second-order valence-corrected chi connectivity index (χ2v) is 16.0. The molecule has 2 aliphatic rings. The van der Waals surface area contributed by atoms with E-state index in [-0.39, 0.29) is 26.4 Å². The summed E-state index contributed by atoms with van der Waals surface area (Å²) in [6, 6.07) is 58.7. The van der Waals surface area contributed by atoms with Gasteiger partial charge in [0.25, 0.3) is 0 Å². The van der Waals surface area contributed by atoms with Crippen molar-refractivity contribution >= 4 is 0 Å². The minimum absolute atomic E-state index is 0.134.